The second kappa shape index (κ2) is 6.86. The number of aromatic nitrogens is 2. The average molecular weight is 366 g/mol. The van der Waals surface area contributed by atoms with Crippen LogP contribution in [0.2, 0.25) is 5.02 Å². The van der Waals surface area contributed by atoms with Crippen molar-refractivity contribution in [2.45, 2.75) is 18.5 Å². The summed E-state index contributed by atoms with van der Waals surface area (Å²) >= 11 is 7.65. The first-order chi connectivity index (χ1) is 11.5. The van der Waals surface area contributed by atoms with E-state index < -0.39 is 17.4 Å². The van der Waals surface area contributed by atoms with E-state index in [0.29, 0.717) is 29.3 Å². The summed E-state index contributed by atoms with van der Waals surface area (Å²) in [5.41, 5.74) is 0.0371. The number of carboxylic acid groups (broad SMARTS) is 1. The summed E-state index contributed by atoms with van der Waals surface area (Å²) in [7, 11) is 0. The van der Waals surface area contributed by atoms with Crippen LogP contribution >= 0.6 is 23.4 Å². The lowest BCUT2D eigenvalue weighted by Crippen LogP contribution is -2.54. The number of hydrogen-bond acceptors (Lipinski definition) is 4. The summed E-state index contributed by atoms with van der Waals surface area (Å²) in [4.78, 5) is 23.9. The van der Waals surface area contributed by atoms with Crippen molar-refractivity contribution in [3.8, 4) is 0 Å². The molecule has 1 amide bonds. The lowest BCUT2D eigenvalue weighted by Gasteiger charge is -2.24. The molecule has 1 unspecified atom stereocenters. The van der Waals surface area contributed by atoms with Gasteiger partial charge < -0.3 is 10.4 Å². The molecule has 1 atom stereocenters. The third-order valence-corrected chi connectivity index (χ3v) is 5.53. The largest absolute Gasteiger partial charge is 0.479 e. The number of rotatable bonds is 5. The van der Waals surface area contributed by atoms with E-state index in [1.165, 1.54) is 18.0 Å². The predicted octanol–water partition coefficient (Wildman–Crippen LogP) is 2.27. The van der Waals surface area contributed by atoms with Crippen molar-refractivity contribution in [2.24, 2.45) is 0 Å². The van der Waals surface area contributed by atoms with Crippen LogP contribution < -0.4 is 5.32 Å². The molecule has 2 aromatic rings. The normalized spacial score (nSPS) is 20.0. The van der Waals surface area contributed by atoms with E-state index in [0.717, 1.165) is 11.3 Å². The van der Waals surface area contributed by atoms with E-state index in [9.17, 15) is 14.7 Å². The number of thioether (sulfide) groups is 1. The molecule has 3 rings (SSSR count). The lowest BCUT2D eigenvalue weighted by atomic mass is 9.99. The van der Waals surface area contributed by atoms with Gasteiger partial charge in [0.1, 0.15) is 5.54 Å². The minimum Gasteiger partial charge on any atom is -0.479 e. The van der Waals surface area contributed by atoms with Crippen LogP contribution in [0.4, 0.5) is 0 Å². The van der Waals surface area contributed by atoms with Crippen molar-refractivity contribution >= 4 is 35.2 Å². The molecule has 0 aliphatic carbocycles. The van der Waals surface area contributed by atoms with Gasteiger partial charge in [-0.2, -0.15) is 16.9 Å². The minimum atomic E-state index is -1.19. The van der Waals surface area contributed by atoms with Gasteiger partial charge in [0.05, 0.1) is 18.3 Å². The molecule has 24 heavy (non-hydrogen) atoms. The third-order valence-electron chi connectivity index (χ3n) is 3.97. The van der Waals surface area contributed by atoms with Gasteiger partial charge in [-0.05, 0) is 23.8 Å². The summed E-state index contributed by atoms with van der Waals surface area (Å²) in [6, 6.07) is 7.41. The second-order valence-electron chi connectivity index (χ2n) is 5.66. The number of benzene rings is 1. The van der Waals surface area contributed by atoms with Gasteiger partial charge in [0.2, 0.25) is 0 Å². The Bertz CT molecular complexity index is 771. The van der Waals surface area contributed by atoms with Gasteiger partial charge in [-0.3, -0.25) is 9.48 Å². The SMILES string of the molecule is O=C(NC1(C(=O)O)CCSC1)c1cnn(Cc2ccccc2Cl)c1. The van der Waals surface area contributed by atoms with Crippen molar-refractivity contribution in [1.82, 2.24) is 15.1 Å². The van der Waals surface area contributed by atoms with Gasteiger partial charge in [-0.1, -0.05) is 29.8 Å². The fourth-order valence-corrected chi connectivity index (χ4v) is 4.06. The number of halogens is 1. The maximum absolute atomic E-state index is 12.4. The van der Waals surface area contributed by atoms with E-state index >= 15 is 0 Å². The molecule has 1 aromatic carbocycles. The van der Waals surface area contributed by atoms with Crippen LogP contribution in [0.15, 0.2) is 36.7 Å². The van der Waals surface area contributed by atoms with Crippen molar-refractivity contribution in [3.05, 3.63) is 52.8 Å². The Labute approximate surface area is 148 Å². The van der Waals surface area contributed by atoms with Crippen LogP contribution in [0.5, 0.6) is 0 Å². The minimum absolute atomic E-state index is 0.333. The van der Waals surface area contributed by atoms with Crippen LogP contribution in [-0.2, 0) is 11.3 Å². The summed E-state index contributed by atoms with van der Waals surface area (Å²) < 4.78 is 1.60. The summed E-state index contributed by atoms with van der Waals surface area (Å²) in [6.45, 7) is 0.437. The highest BCUT2D eigenvalue weighted by Crippen LogP contribution is 2.28. The van der Waals surface area contributed by atoms with Crippen LogP contribution in [0.25, 0.3) is 0 Å². The number of aliphatic carboxylic acids is 1. The zero-order chi connectivity index (χ0) is 17.2. The van der Waals surface area contributed by atoms with Gasteiger partial charge in [-0.25, -0.2) is 4.79 Å². The Morgan fingerprint density at radius 1 is 1.42 bits per heavy atom. The molecule has 0 saturated carbocycles. The molecule has 8 heteroatoms. The highest BCUT2D eigenvalue weighted by molar-refractivity contribution is 7.99. The van der Waals surface area contributed by atoms with Crippen molar-refractivity contribution < 1.29 is 14.7 Å². The molecule has 126 valence electrons. The molecule has 2 N–H and O–H groups in total. The molecule has 1 aliphatic rings. The van der Waals surface area contributed by atoms with Gasteiger partial charge >= 0.3 is 5.97 Å². The molecule has 1 saturated heterocycles. The molecule has 6 nitrogen and oxygen atoms in total. The standard InChI is InChI=1S/C16H16ClN3O3S/c17-13-4-2-1-3-11(13)8-20-9-12(7-18-20)14(21)19-16(15(22)23)5-6-24-10-16/h1-4,7,9H,5-6,8,10H2,(H,19,21)(H,22,23). The van der Waals surface area contributed by atoms with E-state index in [-0.39, 0.29) is 0 Å². The van der Waals surface area contributed by atoms with Crippen molar-refractivity contribution in [3.63, 3.8) is 0 Å². The summed E-state index contributed by atoms with van der Waals surface area (Å²) in [6.07, 6.45) is 3.45. The maximum atomic E-state index is 12.4. The zero-order valence-electron chi connectivity index (χ0n) is 12.7. The third kappa shape index (κ3) is 3.42. The predicted molar refractivity (Wildman–Crippen MR) is 92.6 cm³/mol. The van der Waals surface area contributed by atoms with Crippen LogP contribution in [0, 0.1) is 0 Å². The smallest absolute Gasteiger partial charge is 0.330 e. The molecule has 0 spiro atoms. The first-order valence-electron chi connectivity index (χ1n) is 7.40. The van der Waals surface area contributed by atoms with E-state index in [1.807, 2.05) is 18.2 Å². The molecular formula is C16H16ClN3O3S. The number of nitrogens with one attached hydrogen (secondary N) is 1. The van der Waals surface area contributed by atoms with Crippen molar-refractivity contribution in [2.75, 3.05) is 11.5 Å². The number of carbonyl (C=O) groups is 2. The number of carboxylic acids is 1. The molecule has 0 radical (unpaired) electrons. The van der Waals surface area contributed by atoms with E-state index in [2.05, 4.69) is 10.4 Å². The molecule has 1 fully saturated rings. The topological polar surface area (TPSA) is 84.2 Å². The lowest BCUT2D eigenvalue weighted by molar-refractivity contribution is -0.143. The average Bonchev–Trinajstić information content (AvgIpc) is 3.20. The highest BCUT2D eigenvalue weighted by atomic mass is 35.5. The monoisotopic (exact) mass is 365 g/mol. The Balaban J connectivity index is 1.72. The van der Waals surface area contributed by atoms with Gasteiger partial charge in [0, 0.05) is 17.0 Å². The Morgan fingerprint density at radius 3 is 2.88 bits per heavy atom. The van der Waals surface area contributed by atoms with Gasteiger partial charge in [-0.15, -0.1) is 0 Å². The van der Waals surface area contributed by atoms with Crippen molar-refractivity contribution in [1.29, 1.82) is 0 Å². The number of nitrogens with zero attached hydrogens (tertiary/aromatic N) is 2. The zero-order valence-corrected chi connectivity index (χ0v) is 14.3. The van der Waals surface area contributed by atoms with Crippen LogP contribution in [0.3, 0.4) is 0 Å². The molecular weight excluding hydrogens is 350 g/mol. The van der Waals surface area contributed by atoms with Gasteiger partial charge in [0.25, 0.3) is 5.91 Å². The van der Waals surface area contributed by atoms with E-state index in [1.54, 1.807) is 16.9 Å². The Morgan fingerprint density at radius 2 is 2.21 bits per heavy atom. The first-order valence-corrected chi connectivity index (χ1v) is 8.93. The van der Waals surface area contributed by atoms with Crippen LogP contribution in [0.1, 0.15) is 22.3 Å². The second-order valence-corrected chi connectivity index (χ2v) is 7.17. The molecule has 2 heterocycles. The molecule has 1 aromatic heterocycles. The molecule has 0 bridgehead atoms. The highest BCUT2D eigenvalue weighted by Gasteiger charge is 2.43. The quantitative estimate of drug-likeness (QED) is 0.849. The van der Waals surface area contributed by atoms with Gasteiger partial charge in [0.15, 0.2) is 0 Å². The fourth-order valence-electron chi connectivity index (χ4n) is 2.54. The summed E-state index contributed by atoms with van der Waals surface area (Å²) in [5, 5.41) is 16.9. The fraction of sp³-hybridized carbons (Fsp3) is 0.312. The Hall–Kier alpha value is -1.99. The van der Waals surface area contributed by atoms with Crippen LogP contribution in [-0.4, -0.2) is 43.8 Å². The number of hydrogen-bond donors (Lipinski definition) is 2. The Kier molecular flexibility index (Phi) is 4.82. The first kappa shape index (κ1) is 16.9. The molecule has 1 aliphatic heterocycles. The number of amides is 1. The maximum Gasteiger partial charge on any atom is 0.330 e. The van der Waals surface area contributed by atoms with E-state index in [4.69, 9.17) is 11.6 Å². The summed E-state index contributed by atoms with van der Waals surface area (Å²) in [5.74, 6) is -0.324. The number of carbonyl (C=O) groups excluding carboxylic acids is 1.